The Balaban J connectivity index is 2.53. The number of benzene rings is 1. The monoisotopic (exact) mass is 481 g/mol. The molecule has 0 fully saturated rings. The van der Waals surface area contributed by atoms with Gasteiger partial charge in [-0.2, -0.15) is 4.31 Å². The predicted molar refractivity (Wildman–Crippen MR) is 125 cm³/mol. The van der Waals surface area contributed by atoms with Gasteiger partial charge in [-0.15, -0.1) is 0 Å². The van der Waals surface area contributed by atoms with Crippen molar-refractivity contribution in [1.82, 2.24) is 14.1 Å². The molecule has 4 atom stereocenters. The number of fused-ring (bicyclic) bond motifs is 1. The zero-order chi connectivity index (χ0) is 24.9. The predicted octanol–water partition coefficient (Wildman–Crippen LogP) is 0.208. The number of ether oxygens (including phenoxy) is 1. The van der Waals surface area contributed by atoms with E-state index in [1.54, 1.807) is 29.8 Å². The molecule has 1 aliphatic rings. The van der Waals surface area contributed by atoms with Gasteiger partial charge in [0.05, 0.1) is 19.7 Å². The molecule has 0 bridgehead atoms. The number of rotatable bonds is 6. The lowest BCUT2D eigenvalue weighted by molar-refractivity contribution is -0.132. The highest BCUT2D eigenvalue weighted by Gasteiger charge is 2.38. The van der Waals surface area contributed by atoms with Crippen LogP contribution in [-0.4, -0.2) is 104 Å². The first kappa shape index (κ1) is 27.1. The summed E-state index contributed by atoms with van der Waals surface area (Å²) in [6.45, 7) is 5.36. The minimum absolute atomic E-state index is 0.0235. The smallest absolute Gasteiger partial charge is 0.247 e. The van der Waals surface area contributed by atoms with Gasteiger partial charge in [0.2, 0.25) is 15.9 Å². The molecule has 0 aliphatic carbocycles. The molecule has 1 aromatic rings. The van der Waals surface area contributed by atoms with Crippen LogP contribution in [0.3, 0.4) is 0 Å². The molecule has 0 saturated heterocycles. The number of hydrogen-bond donors (Lipinski definition) is 2. The van der Waals surface area contributed by atoms with Crippen molar-refractivity contribution < 1.29 is 28.2 Å². The van der Waals surface area contributed by atoms with Gasteiger partial charge in [-0.05, 0) is 46.1 Å². The Morgan fingerprint density at radius 2 is 1.97 bits per heavy atom. The molecular weight excluding hydrogens is 446 g/mol. The van der Waals surface area contributed by atoms with E-state index < -0.39 is 28.3 Å². The SMILES string of the molecule is C[C@@H]1CN([C@@H](C)CO)S(=O)(=O)c2ccc(C#C[C@@H](C)O)cc2O[C@@H]1CN(C)C(=O)CN(C)C. The largest absolute Gasteiger partial charge is 0.487 e. The number of likely N-dealkylation sites (N-methyl/N-ethyl adjacent to an activating group) is 2. The van der Waals surface area contributed by atoms with Gasteiger partial charge in [-0.3, -0.25) is 4.79 Å². The quantitative estimate of drug-likeness (QED) is 0.559. The van der Waals surface area contributed by atoms with Crippen molar-refractivity contribution in [1.29, 1.82) is 0 Å². The summed E-state index contributed by atoms with van der Waals surface area (Å²) in [5.74, 6) is 5.23. The van der Waals surface area contributed by atoms with E-state index in [0.717, 1.165) is 0 Å². The van der Waals surface area contributed by atoms with Crippen LogP contribution in [0.1, 0.15) is 26.3 Å². The van der Waals surface area contributed by atoms with Crippen LogP contribution in [0.2, 0.25) is 0 Å². The van der Waals surface area contributed by atoms with Crippen LogP contribution >= 0.6 is 0 Å². The molecule has 0 spiro atoms. The minimum atomic E-state index is -3.96. The summed E-state index contributed by atoms with van der Waals surface area (Å²) in [4.78, 5) is 15.8. The first-order valence-corrected chi connectivity index (χ1v) is 12.3. The van der Waals surface area contributed by atoms with Crippen LogP contribution in [0, 0.1) is 17.8 Å². The van der Waals surface area contributed by atoms with Crippen molar-refractivity contribution in [3.63, 3.8) is 0 Å². The van der Waals surface area contributed by atoms with E-state index in [1.807, 2.05) is 21.0 Å². The molecule has 10 heteroatoms. The Labute approximate surface area is 197 Å². The van der Waals surface area contributed by atoms with Gasteiger partial charge < -0.3 is 24.7 Å². The highest BCUT2D eigenvalue weighted by Crippen LogP contribution is 2.34. The summed E-state index contributed by atoms with van der Waals surface area (Å²) >= 11 is 0. The molecular formula is C23H35N3O6S. The van der Waals surface area contributed by atoms with E-state index >= 15 is 0 Å². The number of nitrogens with zero attached hydrogens (tertiary/aromatic N) is 3. The lowest BCUT2D eigenvalue weighted by Crippen LogP contribution is -2.50. The van der Waals surface area contributed by atoms with Crippen molar-refractivity contribution >= 4 is 15.9 Å². The summed E-state index contributed by atoms with van der Waals surface area (Å²) in [5, 5.41) is 19.2. The fourth-order valence-electron chi connectivity index (χ4n) is 3.47. The standard InChI is InChI=1S/C23H35N3O6S/c1-16-12-26(17(2)15-27)33(30,31)22-10-9-19(8-7-18(3)28)11-20(22)32-21(16)13-25(6)23(29)14-24(4)5/h9-11,16-18,21,27-28H,12-15H2,1-6H3/t16-,17+,18-,21-/m1/s1. The lowest BCUT2D eigenvalue weighted by Gasteiger charge is -2.37. The summed E-state index contributed by atoms with van der Waals surface area (Å²) in [6, 6.07) is 3.90. The molecule has 1 amide bonds. The average Bonchev–Trinajstić information content (AvgIpc) is 2.73. The molecule has 33 heavy (non-hydrogen) atoms. The number of carbonyl (C=O) groups is 1. The molecule has 184 valence electrons. The van der Waals surface area contributed by atoms with E-state index in [2.05, 4.69) is 11.8 Å². The van der Waals surface area contributed by atoms with E-state index in [-0.39, 0.29) is 48.7 Å². The Morgan fingerprint density at radius 1 is 1.30 bits per heavy atom. The van der Waals surface area contributed by atoms with E-state index in [0.29, 0.717) is 5.56 Å². The van der Waals surface area contributed by atoms with Crippen molar-refractivity contribution in [3.05, 3.63) is 23.8 Å². The van der Waals surface area contributed by atoms with E-state index in [4.69, 9.17) is 4.74 Å². The van der Waals surface area contributed by atoms with Crippen molar-refractivity contribution in [3.8, 4) is 17.6 Å². The number of aliphatic hydroxyl groups is 2. The first-order valence-electron chi connectivity index (χ1n) is 10.9. The molecule has 0 radical (unpaired) electrons. The number of aliphatic hydroxyl groups excluding tert-OH is 2. The van der Waals surface area contributed by atoms with Crippen molar-refractivity contribution in [2.75, 3.05) is 47.4 Å². The van der Waals surface area contributed by atoms with Crippen LogP contribution in [-0.2, 0) is 14.8 Å². The van der Waals surface area contributed by atoms with Gasteiger partial charge >= 0.3 is 0 Å². The summed E-state index contributed by atoms with van der Waals surface area (Å²) in [6.07, 6.45) is -1.33. The Bertz CT molecular complexity index is 999. The average molecular weight is 482 g/mol. The molecule has 0 aromatic heterocycles. The maximum atomic E-state index is 13.4. The van der Waals surface area contributed by atoms with Crippen LogP contribution in [0.15, 0.2) is 23.1 Å². The number of amides is 1. The van der Waals surface area contributed by atoms with Crippen molar-refractivity contribution in [2.24, 2.45) is 5.92 Å². The highest BCUT2D eigenvalue weighted by atomic mass is 32.2. The Kier molecular flexibility index (Phi) is 9.29. The third kappa shape index (κ3) is 6.91. The first-order chi connectivity index (χ1) is 15.4. The molecule has 0 unspecified atom stereocenters. The Hall–Kier alpha value is -2.16. The van der Waals surface area contributed by atoms with Gasteiger partial charge in [0.1, 0.15) is 22.9 Å². The molecule has 9 nitrogen and oxygen atoms in total. The fourth-order valence-corrected chi connectivity index (χ4v) is 5.30. The molecule has 1 aliphatic heterocycles. The minimum Gasteiger partial charge on any atom is -0.487 e. The summed E-state index contributed by atoms with van der Waals surface area (Å²) < 4.78 is 34.4. The second kappa shape index (κ2) is 11.3. The maximum absolute atomic E-state index is 13.4. The zero-order valence-corrected chi connectivity index (χ0v) is 21.0. The third-order valence-electron chi connectivity index (χ3n) is 5.42. The summed E-state index contributed by atoms with van der Waals surface area (Å²) in [7, 11) is 1.36. The van der Waals surface area contributed by atoms with Crippen molar-refractivity contribution in [2.45, 2.75) is 43.9 Å². The fraction of sp³-hybridized carbons (Fsp3) is 0.609. The lowest BCUT2D eigenvalue weighted by atomic mass is 10.0. The zero-order valence-electron chi connectivity index (χ0n) is 20.1. The molecule has 2 N–H and O–H groups in total. The van der Waals surface area contributed by atoms with E-state index in [1.165, 1.54) is 23.4 Å². The number of carbonyl (C=O) groups excluding carboxylic acids is 1. The van der Waals surface area contributed by atoms with Gasteiger partial charge in [-0.1, -0.05) is 18.8 Å². The molecule has 1 heterocycles. The molecule has 0 saturated carbocycles. The van der Waals surface area contributed by atoms with E-state index in [9.17, 15) is 23.4 Å². The van der Waals surface area contributed by atoms with Crippen LogP contribution in [0.5, 0.6) is 5.75 Å². The second-order valence-electron chi connectivity index (χ2n) is 8.86. The van der Waals surface area contributed by atoms with Gasteiger partial charge in [0.25, 0.3) is 0 Å². The third-order valence-corrected chi connectivity index (χ3v) is 7.44. The summed E-state index contributed by atoms with van der Waals surface area (Å²) in [5.41, 5.74) is 0.496. The van der Waals surface area contributed by atoms with Crippen LogP contribution in [0.25, 0.3) is 0 Å². The van der Waals surface area contributed by atoms with Gasteiger partial charge in [0.15, 0.2) is 0 Å². The normalized spacial score (nSPS) is 22.1. The van der Waals surface area contributed by atoms with Gasteiger partial charge in [-0.25, -0.2) is 8.42 Å². The number of hydrogen-bond acceptors (Lipinski definition) is 7. The van der Waals surface area contributed by atoms with Crippen LogP contribution < -0.4 is 4.74 Å². The second-order valence-corrected chi connectivity index (χ2v) is 10.7. The maximum Gasteiger partial charge on any atom is 0.247 e. The van der Waals surface area contributed by atoms with Gasteiger partial charge in [0, 0.05) is 31.1 Å². The molecule has 1 aromatic carbocycles. The Morgan fingerprint density at radius 3 is 2.55 bits per heavy atom. The molecule has 2 rings (SSSR count). The number of sulfonamides is 1. The highest BCUT2D eigenvalue weighted by molar-refractivity contribution is 7.89. The topological polar surface area (TPSA) is 111 Å². The van der Waals surface area contributed by atoms with Crippen LogP contribution in [0.4, 0.5) is 0 Å².